The standard InChI is InChI=1S/C16H24N4O2S/c17-12-13-1-2-16(15(18)11-13)20-5-3-14(4-6-20)19-7-9-23(21,22)10-8-19/h1-2,11,14,21-22H,3-10,18H2. The van der Waals surface area contributed by atoms with E-state index in [1.54, 1.807) is 6.07 Å². The molecule has 7 heteroatoms. The molecular formula is C16H24N4O2S. The van der Waals surface area contributed by atoms with Crippen LogP contribution >= 0.6 is 10.6 Å². The molecule has 0 aromatic heterocycles. The number of rotatable bonds is 2. The summed E-state index contributed by atoms with van der Waals surface area (Å²) in [4.78, 5) is 4.68. The number of benzene rings is 1. The molecule has 1 aromatic rings. The van der Waals surface area contributed by atoms with Crippen LogP contribution in [0.2, 0.25) is 0 Å². The molecule has 0 spiro atoms. The van der Waals surface area contributed by atoms with Gasteiger partial charge in [-0.15, -0.1) is 0 Å². The molecule has 3 rings (SSSR count). The fourth-order valence-electron chi connectivity index (χ4n) is 3.49. The molecule has 2 saturated heterocycles. The third-order valence-corrected chi connectivity index (χ3v) is 6.56. The highest BCUT2D eigenvalue weighted by Gasteiger charge is 2.30. The average molecular weight is 336 g/mol. The van der Waals surface area contributed by atoms with Gasteiger partial charge in [0, 0.05) is 32.2 Å². The van der Waals surface area contributed by atoms with Gasteiger partial charge >= 0.3 is 0 Å². The van der Waals surface area contributed by atoms with Crippen molar-refractivity contribution in [3.05, 3.63) is 23.8 Å². The minimum atomic E-state index is -2.32. The lowest BCUT2D eigenvalue weighted by molar-refractivity contribution is 0.179. The van der Waals surface area contributed by atoms with Gasteiger partial charge < -0.3 is 10.6 Å². The first-order chi connectivity index (χ1) is 11.0. The fraction of sp³-hybridized carbons (Fsp3) is 0.562. The van der Waals surface area contributed by atoms with Gasteiger partial charge in [0.25, 0.3) is 0 Å². The topological polar surface area (TPSA) is 96.8 Å². The van der Waals surface area contributed by atoms with E-state index in [9.17, 15) is 9.11 Å². The zero-order valence-electron chi connectivity index (χ0n) is 13.2. The van der Waals surface area contributed by atoms with Crippen molar-refractivity contribution in [3.8, 4) is 6.07 Å². The molecule has 2 aliphatic heterocycles. The van der Waals surface area contributed by atoms with Crippen LogP contribution in [-0.2, 0) is 0 Å². The predicted octanol–water partition coefficient (Wildman–Crippen LogP) is 2.18. The molecule has 0 amide bonds. The summed E-state index contributed by atoms with van der Waals surface area (Å²) in [5.41, 5.74) is 8.34. The van der Waals surface area contributed by atoms with Crippen LogP contribution in [-0.4, -0.2) is 57.7 Å². The molecule has 0 atom stereocenters. The van der Waals surface area contributed by atoms with E-state index >= 15 is 0 Å². The Hall–Kier alpha value is -1.46. The fourth-order valence-corrected chi connectivity index (χ4v) is 4.75. The van der Waals surface area contributed by atoms with Gasteiger partial charge in [0.1, 0.15) is 0 Å². The van der Waals surface area contributed by atoms with Crippen LogP contribution in [0.25, 0.3) is 0 Å². The summed E-state index contributed by atoms with van der Waals surface area (Å²) in [6, 6.07) is 8.11. The Morgan fingerprint density at radius 3 is 2.35 bits per heavy atom. The number of nitriles is 1. The second-order valence-corrected chi connectivity index (χ2v) is 8.77. The van der Waals surface area contributed by atoms with E-state index in [2.05, 4.69) is 15.9 Å². The Balaban J connectivity index is 1.58. The van der Waals surface area contributed by atoms with Crippen LogP contribution in [0.5, 0.6) is 0 Å². The van der Waals surface area contributed by atoms with Crippen molar-refractivity contribution in [2.75, 3.05) is 48.3 Å². The van der Waals surface area contributed by atoms with Crippen LogP contribution in [0.3, 0.4) is 0 Å². The summed E-state index contributed by atoms with van der Waals surface area (Å²) in [6.07, 6.45) is 2.11. The maximum Gasteiger partial charge on any atom is 0.0992 e. The molecule has 6 nitrogen and oxygen atoms in total. The second kappa shape index (κ2) is 6.57. The van der Waals surface area contributed by atoms with Crippen molar-refractivity contribution in [1.29, 1.82) is 5.26 Å². The Bertz CT molecular complexity index is 599. The maximum atomic E-state index is 9.72. The van der Waals surface area contributed by atoms with E-state index in [1.165, 1.54) is 0 Å². The molecule has 0 radical (unpaired) electrons. The Labute approximate surface area is 138 Å². The van der Waals surface area contributed by atoms with Crippen LogP contribution in [0, 0.1) is 11.3 Å². The van der Waals surface area contributed by atoms with E-state index < -0.39 is 10.6 Å². The molecule has 0 aliphatic carbocycles. The molecule has 23 heavy (non-hydrogen) atoms. The van der Waals surface area contributed by atoms with E-state index in [4.69, 9.17) is 11.0 Å². The third-order valence-electron chi connectivity index (χ3n) is 4.89. The highest BCUT2D eigenvalue weighted by atomic mass is 32.3. The molecule has 0 saturated carbocycles. The zero-order chi connectivity index (χ0) is 16.4. The maximum absolute atomic E-state index is 9.72. The van der Waals surface area contributed by atoms with E-state index in [0.29, 0.717) is 28.8 Å². The molecule has 4 N–H and O–H groups in total. The summed E-state index contributed by atoms with van der Waals surface area (Å²) in [6.45, 7) is 3.44. The molecule has 0 bridgehead atoms. The molecule has 2 heterocycles. The first kappa shape index (κ1) is 16.4. The van der Waals surface area contributed by atoms with Gasteiger partial charge in [0.15, 0.2) is 0 Å². The van der Waals surface area contributed by atoms with Gasteiger partial charge in [0.2, 0.25) is 0 Å². The molecule has 2 aliphatic rings. The van der Waals surface area contributed by atoms with Gasteiger partial charge in [-0.05, 0) is 31.0 Å². The van der Waals surface area contributed by atoms with Gasteiger partial charge in [0.05, 0.1) is 34.5 Å². The van der Waals surface area contributed by atoms with Gasteiger partial charge in [-0.2, -0.15) is 15.9 Å². The van der Waals surface area contributed by atoms with E-state index in [1.807, 2.05) is 12.1 Å². The quantitative estimate of drug-likeness (QED) is 0.716. The van der Waals surface area contributed by atoms with Crippen molar-refractivity contribution in [2.45, 2.75) is 18.9 Å². The molecule has 126 valence electrons. The van der Waals surface area contributed by atoms with Crippen molar-refractivity contribution >= 4 is 22.0 Å². The Morgan fingerprint density at radius 2 is 1.78 bits per heavy atom. The molecule has 0 unspecified atom stereocenters. The molecular weight excluding hydrogens is 312 g/mol. The third kappa shape index (κ3) is 3.72. The van der Waals surface area contributed by atoms with Gasteiger partial charge in [-0.25, -0.2) is 0 Å². The second-order valence-electron chi connectivity index (χ2n) is 6.35. The molecule has 1 aromatic carbocycles. The Kier molecular flexibility index (Phi) is 4.69. The largest absolute Gasteiger partial charge is 0.397 e. The normalized spacial score (nSPS) is 24.1. The van der Waals surface area contributed by atoms with Crippen LogP contribution in [0.4, 0.5) is 11.4 Å². The zero-order valence-corrected chi connectivity index (χ0v) is 14.0. The smallest absolute Gasteiger partial charge is 0.0992 e. The van der Waals surface area contributed by atoms with Crippen molar-refractivity contribution in [1.82, 2.24) is 4.90 Å². The number of nitrogens with two attached hydrogens (primary N) is 1. The Morgan fingerprint density at radius 1 is 1.13 bits per heavy atom. The summed E-state index contributed by atoms with van der Waals surface area (Å²) in [5, 5.41) is 8.92. The highest BCUT2D eigenvalue weighted by Crippen LogP contribution is 2.41. The predicted molar refractivity (Wildman–Crippen MR) is 95.0 cm³/mol. The minimum Gasteiger partial charge on any atom is -0.397 e. The number of nitrogen functional groups attached to an aromatic ring is 1. The lowest BCUT2D eigenvalue weighted by atomic mass is 10.0. The number of piperidine rings is 1. The number of nitrogens with zero attached hydrogens (tertiary/aromatic N) is 3. The average Bonchev–Trinajstić information content (AvgIpc) is 2.55. The summed E-state index contributed by atoms with van der Waals surface area (Å²) in [5.74, 6) is 1.02. The minimum absolute atomic E-state index is 0.510. The molecule has 2 fully saturated rings. The lowest BCUT2D eigenvalue weighted by Gasteiger charge is -2.46. The summed E-state index contributed by atoms with van der Waals surface area (Å²) < 4.78 is 19.4. The van der Waals surface area contributed by atoms with E-state index in [-0.39, 0.29) is 0 Å². The number of anilines is 2. The monoisotopic (exact) mass is 336 g/mol. The van der Waals surface area contributed by atoms with Gasteiger partial charge in [-0.1, -0.05) is 0 Å². The van der Waals surface area contributed by atoms with Crippen LogP contribution in [0.15, 0.2) is 18.2 Å². The van der Waals surface area contributed by atoms with Crippen LogP contribution in [0.1, 0.15) is 18.4 Å². The summed E-state index contributed by atoms with van der Waals surface area (Å²) >= 11 is 0. The first-order valence-electron chi connectivity index (χ1n) is 8.01. The van der Waals surface area contributed by atoms with Crippen LogP contribution < -0.4 is 10.6 Å². The first-order valence-corrected chi connectivity index (χ1v) is 9.89. The lowest BCUT2D eigenvalue weighted by Crippen LogP contribution is -2.49. The summed E-state index contributed by atoms with van der Waals surface area (Å²) in [7, 11) is -2.32. The number of hydrogen-bond donors (Lipinski definition) is 3. The van der Waals surface area contributed by atoms with Gasteiger partial charge in [-0.3, -0.25) is 14.0 Å². The van der Waals surface area contributed by atoms with Crippen molar-refractivity contribution in [2.24, 2.45) is 0 Å². The highest BCUT2D eigenvalue weighted by molar-refractivity contribution is 8.24. The van der Waals surface area contributed by atoms with E-state index in [0.717, 1.165) is 44.7 Å². The number of hydrogen-bond acceptors (Lipinski definition) is 6. The van der Waals surface area contributed by atoms with Crippen molar-refractivity contribution in [3.63, 3.8) is 0 Å². The van der Waals surface area contributed by atoms with Crippen molar-refractivity contribution < 1.29 is 9.11 Å². The SMILES string of the molecule is N#Cc1ccc(N2CCC(N3CCS(O)(O)CC3)CC2)c(N)c1.